The summed E-state index contributed by atoms with van der Waals surface area (Å²) in [4.78, 5) is 0. The molecule has 0 aromatic heterocycles. The van der Waals surface area contributed by atoms with Crippen LogP contribution in [0.3, 0.4) is 0 Å². The Kier molecular flexibility index (Phi) is 4.68. The normalized spacial score (nSPS) is 12.5. The van der Waals surface area contributed by atoms with Crippen molar-refractivity contribution in [2.45, 2.75) is 26.8 Å². The van der Waals surface area contributed by atoms with Gasteiger partial charge in [-0.1, -0.05) is 19.1 Å². The summed E-state index contributed by atoms with van der Waals surface area (Å²) in [5.74, 6) is -2.11. The molecule has 112 valence electrons. The van der Waals surface area contributed by atoms with Crippen LogP contribution in [0.2, 0.25) is 0 Å². The number of aryl methyl sites for hydroxylation is 1. The molecule has 2 aromatic carbocycles. The molecule has 21 heavy (non-hydrogen) atoms. The predicted octanol–water partition coefficient (Wildman–Crippen LogP) is 4.75. The molecule has 1 nitrogen and oxygen atoms in total. The maximum Gasteiger partial charge on any atom is 0.136 e. The second-order valence-electron chi connectivity index (χ2n) is 5.07. The first kappa shape index (κ1) is 15.6. The van der Waals surface area contributed by atoms with Gasteiger partial charge in [-0.15, -0.1) is 0 Å². The van der Waals surface area contributed by atoms with Gasteiger partial charge in [0.15, 0.2) is 0 Å². The van der Waals surface area contributed by atoms with Crippen molar-refractivity contribution in [2.24, 2.45) is 0 Å². The van der Waals surface area contributed by atoms with E-state index in [1.807, 2.05) is 13.8 Å². The molecule has 0 amide bonds. The fourth-order valence-electron chi connectivity index (χ4n) is 2.33. The molecule has 0 spiro atoms. The third-order valence-corrected chi connectivity index (χ3v) is 3.55. The summed E-state index contributed by atoms with van der Waals surface area (Å²) < 4.78 is 42.2. The van der Waals surface area contributed by atoms with Crippen molar-refractivity contribution in [1.82, 2.24) is 5.32 Å². The molecule has 0 saturated carbocycles. The van der Waals surface area contributed by atoms with Crippen molar-refractivity contribution in [3.05, 3.63) is 58.9 Å². The molecule has 0 aliphatic heterocycles. The predicted molar refractivity (Wildman–Crippen MR) is 78.6 cm³/mol. The standard InChI is InChI=1S/C17H18F3N/c1-4-21-11(3)12-6-8-14(18)13(9-12)16-15(19)7-5-10(2)17(16)20/h5-9,11,21H,4H2,1-3H3. The summed E-state index contributed by atoms with van der Waals surface area (Å²) in [6, 6.07) is 6.86. The van der Waals surface area contributed by atoms with Crippen LogP contribution in [0.25, 0.3) is 11.1 Å². The molecule has 0 radical (unpaired) electrons. The smallest absolute Gasteiger partial charge is 0.136 e. The average Bonchev–Trinajstić information content (AvgIpc) is 2.45. The first-order chi connectivity index (χ1) is 9.95. The lowest BCUT2D eigenvalue weighted by Gasteiger charge is -2.15. The lowest BCUT2D eigenvalue weighted by Crippen LogP contribution is -2.17. The van der Waals surface area contributed by atoms with Crippen LogP contribution in [-0.4, -0.2) is 6.54 Å². The summed E-state index contributed by atoms with van der Waals surface area (Å²) in [7, 11) is 0. The summed E-state index contributed by atoms with van der Waals surface area (Å²) in [6.45, 7) is 6.16. The Morgan fingerprint density at radius 2 is 1.71 bits per heavy atom. The molecule has 1 atom stereocenters. The third-order valence-electron chi connectivity index (χ3n) is 3.55. The van der Waals surface area contributed by atoms with Gasteiger partial charge in [0.2, 0.25) is 0 Å². The fourth-order valence-corrected chi connectivity index (χ4v) is 2.33. The highest BCUT2D eigenvalue weighted by molar-refractivity contribution is 5.67. The second kappa shape index (κ2) is 6.31. The third kappa shape index (κ3) is 3.10. The lowest BCUT2D eigenvalue weighted by molar-refractivity contribution is 0.573. The molecule has 0 fully saturated rings. The minimum atomic E-state index is -0.759. The Bertz CT molecular complexity index is 653. The van der Waals surface area contributed by atoms with E-state index in [4.69, 9.17) is 0 Å². The lowest BCUT2D eigenvalue weighted by atomic mass is 9.97. The van der Waals surface area contributed by atoms with Crippen molar-refractivity contribution < 1.29 is 13.2 Å². The maximum absolute atomic E-state index is 14.2. The number of rotatable bonds is 4. The van der Waals surface area contributed by atoms with Gasteiger partial charge >= 0.3 is 0 Å². The SMILES string of the molecule is CCNC(C)c1ccc(F)c(-c2c(F)ccc(C)c2F)c1. The fraction of sp³-hybridized carbons (Fsp3) is 0.294. The van der Waals surface area contributed by atoms with Crippen LogP contribution in [0, 0.1) is 24.4 Å². The number of nitrogens with one attached hydrogen (secondary N) is 1. The molecular weight excluding hydrogens is 275 g/mol. The Balaban J connectivity index is 2.59. The van der Waals surface area contributed by atoms with Gasteiger partial charge in [-0.3, -0.25) is 0 Å². The molecule has 0 aliphatic rings. The van der Waals surface area contributed by atoms with Crippen molar-refractivity contribution in [2.75, 3.05) is 6.54 Å². The molecule has 4 heteroatoms. The van der Waals surface area contributed by atoms with E-state index < -0.39 is 17.5 Å². The van der Waals surface area contributed by atoms with Gasteiger partial charge in [-0.25, -0.2) is 13.2 Å². The van der Waals surface area contributed by atoms with Crippen LogP contribution < -0.4 is 5.32 Å². The van der Waals surface area contributed by atoms with Crippen molar-refractivity contribution >= 4 is 0 Å². The molecule has 1 unspecified atom stereocenters. The zero-order chi connectivity index (χ0) is 15.6. The van der Waals surface area contributed by atoms with Crippen molar-refractivity contribution in [3.8, 4) is 11.1 Å². The largest absolute Gasteiger partial charge is 0.310 e. The monoisotopic (exact) mass is 293 g/mol. The van der Waals surface area contributed by atoms with E-state index in [2.05, 4.69) is 5.32 Å². The highest BCUT2D eigenvalue weighted by Crippen LogP contribution is 2.32. The highest BCUT2D eigenvalue weighted by atomic mass is 19.1. The summed E-state index contributed by atoms with van der Waals surface area (Å²) in [5, 5.41) is 3.19. The maximum atomic E-state index is 14.2. The summed E-state index contributed by atoms with van der Waals surface area (Å²) in [5.41, 5.74) is 0.721. The number of hydrogen-bond donors (Lipinski definition) is 1. The van der Waals surface area contributed by atoms with E-state index in [-0.39, 0.29) is 22.7 Å². The molecular formula is C17H18F3N. The second-order valence-corrected chi connectivity index (χ2v) is 5.07. The highest BCUT2D eigenvalue weighted by Gasteiger charge is 2.18. The topological polar surface area (TPSA) is 12.0 Å². The molecule has 2 aromatic rings. The van der Waals surface area contributed by atoms with Crippen LogP contribution in [0.1, 0.15) is 31.0 Å². The van der Waals surface area contributed by atoms with E-state index in [1.165, 1.54) is 25.1 Å². The minimum absolute atomic E-state index is 0.0229. The van der Waals surface area contributed by atoms with Gasteiger partial charge in [0.25, 0.3) is 0 Å². The number of halogens is 3. The van der Waals surface area contributed by atoms with E-state index >= 15 is 0 Å². The van der Waals surface area contributed by atoms with Gasteiger partial charge in [0, 0.05) is 11.6 Å². The Morgan fingerprint density at radius 3 is 2.38 bits per heavy atom. The Hall–Kier alpha value is -1.81. The molecule has 2 rings (SSSR count). The van der Waals surface area contributed by atoms with Gasteiger partial charge < -0.3 is 5.32 Å². The number of hydrogen-bond acceptors (Lipinski definition) is 1. The number of benzene rings is 2. The molecule has 0 bridgehead atoms. The van der Waals surface area contributed by atoms with Gasteiger partial charge in [-0.2, -0.15) is 0 Å². The van der Waals surface area contributed by atoms with Gasteiger partial charge in [0.05, 0.1) is 5.56 Å². The van der Waals surface area contributed by atoms with Crippen LogP contribution in [0.4, 0.5) is 13.2 Å². The summed E-state index contributed by atoms with van der Waals surface area (Å²) in [6.07, 6.45) is 0. The first-order valence-corrected chi connectivity index (χ1v) is 6.93. The molecule has 0 aliphatic carbocycles. The van der Waals surface area contributed by atoms with Crippen molar-refractivity contribution in [1.29, 1.82) is 0 Å². The van der Waals surface area contributed by atoms with Gasteiger partial charge in [0.1, 0.15) is 17.5 Å². The van der Waals surface area contributed by atoms with Crippen molar-refractivity contribution in [3.63, 3.8) is 0 Å². The van der Waals surface area contributed by atoms with Crippen LogP contribution in [-0.2, 0) is 0 Å². The first-order valence-electron chi connectivity index (χ1n) is 6.93. The summed E-state index contributed by atoms with van der Waals surface area (Å²) >= 11 is 0. The van der Waals surface area contributed by atoms with E-state index in [1.54, 1.807) is 6.07 Å². The van der Waals surface area contributed by atoms with E-state index in [0.29, 0.717) is 0 Å². The van der Waals surface area contributed by atoms with Gasteiger partial charge in [-0.05, 0) is 49.7 Å². The molecule has 0 heterocycles. The molecule has 1 N–H and O–H groups in total. The average molecular weight is 293 g/mol. The molecule has 0 saturated heterocycles. The Labute approximate surface area is 122 Å². The minimum Gasteiger partial charge on any atom is -0.310 e. The van der Waals surface area contributed by atoms with E-state index in [9.17, 15) is 13.2 Å². The van der Waals surface area contributed by atoms with E-state index in [0.717, 1.165) is 18.2 Å². The quantitative estimate of drug-likeness (QED) is 0.857. The van der Waals surface area contributed by atoms with Crippen LogP contribution in [0.15, 0.2) is 30.3 Å². The van der Waals surface area contributed by atoms with Crippen LogP contribution >= 0.6 is 0 Å². The Morgan fingerprint density at radius 1 is 1.05 bits per heavy atom. The van der Waals surface area contributed by atoms with Crippen LogP contribution in [0.5, 0.6) is 0 Å². The zero-order valence-electron chi connectivity index (χ0n) is 12.3. The zero-order valence-corrected chi connectivity index (χ0v) is 12.3.